The Morgan fingerprint density at radius 3 is 3.14 bits per heavy atom. The molecule has 1 aliphatic heterocycles. The summed E-state index contributed by atoms with van der Waals surface area (Å²) in [6.07, 6.45) is 3.46. The zero-order valence-electron chi connectivity index (χ0n) is 16.1. The van der Waals surface area contributed by atoms with Gasteiger partial charge in [0.25, 0.3) is 5.91 Å². The quantitative estimate of drug-likeness (QED) is 0.693. The predicted octanol–water partition coefficient (Wildman–Crippen LogP) is 1.23. The molecular weight excluding hydrogens is 360 g/mol. The maximum Gasteiger partial charge on any atom is 0.419 e. The summed E-state index contributed by atoms with van der Waals surface area (Å²) in [6.45, 7) is 1.86. The Labute approximate surface area is 163 Å². The van der Waals surface area contributed by atoms with E-state index in [2.05, 4.69) is 16.7 Å². The number of fused-ring (bicyclic) bond motifs is 1. The number of ether oxygens (including phenoxy) is 1. The summed E-state index contributed by atoms with van der Waals surface area (Å²) in [5.74, 6) is -0.597. The number of amides is 1. The fourth-order valence-corrected chi connectivity index (χ4v) is 3.32. The molecule has 3 rings (SSSR count). The van der Waals surface area contributed by atoms with Crippen molar-refractivity contribution in [3.05, 3.63) is 34.3 Å². The fraction of sp³-hybridized carbons (Fsp3) is 0.550. The van der Waals surface area contributed by atoms with Crippen molar-refractivity contribution in [2.24, 2.45) is 7.05 Å². The fourth-order valence-electron chi connectivity index (χ4n) is 3.32. The first-order valence-corrected chi connectivity index (χ1v) is 9.69. The first-order valence-electron chi connectivity index (χ1n) is 9.69. The van der Waals surface area contributed by atoms with Crippen LogP contribution in [0.2, 0.25) is 0 Å². The van der Waals surface area contributed by atoms with Crippen LogP contribution in [0.5, 0.6) is 0 Å². The van der Waals surface area contributed by atoms with E-state index in [1.54, 1.807) is 7.05 Å². The normalized spacial score (nSPS) is 18.4. The van der Waals surface area contributed by atoms with Crippen LogP contribution in [0.25, 0.3) is 11.1 Å². The number of carbonyl (C=O) groups excluding carboxylic acids is 1. The van der Waals surface area contributed by atoms with E-state index in [-0.39, 0.29) is 11.7 Å². The molecule has 0 spiro atoms. The molecule has 1 aromatic carbocycles. The van der Waals surface area contributed by atoms with E-state index in [4.69, 9.17) is 9.15 Å². The molecule has 2 N–H and O–H groups in total. The zero-order chi connectivity index (χ0) is 19.9. The van der Waals surface area contributed by atoms with E-state index in [0.717, 1.165) is 43.3 Å². The highest BCUT2D eigenvalue weighted by Gasteiger charge is 2.23. The van der Waals surface area contributed by atoms with Crippen LogP contribution >= 0.6 is 0 Å². The Hall–Kier alpha value is -2.63. The van der Waals surface area contributed by atoms with Gasteiger partial charge in [-0.05, 0) is 56.3 Å². The number of nitrogens with one attached hydrogen (secondary N) is 2. The topological polar surface area (TPSA) is 109 Å². The summed E-state index contributed by atoms with van der Waals surface area (Å²) in [5.41, 5.74) is 2.47. The van der Waals surface area contributed by atoms with E-state index in [0.29, 0.717) is 25.2 Å². The van der Waals surface area contributed by atoms with Gasteiger partial charge in [0, 0.05) is 20.2 Å². The molecule has 150 valence electrons. The van der Waals surface area contributed by atoms with Gasteiger partial charge in [0.1, 0.15) is 12.1 Å². The summed E-state index contributed by atoms with van der Waals surface area (Å²) in [5, 5.41) is 15.3. The number of aryl methyl sites for hydroxylation is 2. The lowest BCUT2D eigenvalue weighted by atomic mass is 10.0. The number of unbranched alkanes of at least 4 members (excludes halogenated alkanes) is 1. The molecule has 0 radical (unpaired) electrons. The second kappa shape index (κ2) is 9.53. The highest BCUT2D eigenvalue weighted by Crippen LogP contribution is 2.16. The Bertz CT molecular complexity index is 903. The van der Waals surface area contributed by atoms with Crippen molar-refractivity contribution in [2.45, 2.75) is 44.2 Å². The zero-order valence-corrected chi connectivity index (χ0v) is 16.1. The van der Waals surface area contributed by atoms with Crippen LogP contribution in [0.15, 0.2) is 27.4 Å². The van der Waals surface area contributed by atoms with Gasteiger partial charge in [-0.1, -0.05) is 6.07 Å². The van der Waals surface area contributed by atoms with Crippen LogP contribution in [0.1, 0.15) is 31.2 Å². The summed E-state index contributed by atoms with van der Waals surface area (Å²) in [7, 11) is 1.69. The van der Waals surface area contributed by atoms with Gasteiger partial charge in [-0.2, -0.15) is 5.26 Å². The molecule has 1 saturated heterocycles. The standard InChI is InChI=1S/C20H26N4O4/c1-24-16-11-14(7-8-17(16)28-20(24)26)5-2-3-6-15(12-21)23-19(25)18-13-22-9-4-10-27-18/h7-8,11,15,18,22H,2-6,9-10,13H2,1H3,(H,23,25). The van der Waals surface area contributed by atoms with Crippen LogP contribution in [-0.2, 0) is 23.0 Å². The van der Waals surface area contributed by atoms with Crippen molar-refractivity contribution in [2.75, 3.05) is 19.7 Å². The average Bonchev–Trinajstić information content (AvgIpc) is 2.88. The van der Waals surface area contributed by atoms with Gasteiger partial charge in [0.05, 0.1) is 11.6 Å². The second-order valence-corrected chi connectivity index (χ2v) is 7.08. The van der Waals surface area contributed by atoms with Crippen molar-refractivity contribution in [3.8, 4) is 6.07 Å². The molecule has 2 atom stereocenters. The van der Waals surface area contributed by atoms with E-state index in [1.807, 2.05) is 18.2 Å². The largest absolute Gasteiger partial charge is 0.419 e. The molecule has 0 aliphatic carbocycles. The number of nitriles is 1. The van der Waals surface area contributed by atoms with Crippen LogP contribution < -0.4 is 16.4 Å². The lowest BCUT2D eigenvalue weighted by Gasteiger charge is -2.17. The molecule has 0 saturated carbocycles. The minimum atomic E-state index is -0.535. The lowest BCUT2D eigenvalue weighted by Crippen LogP contribution is -2.45. The van der Waals surface area contributed by atoms with Crippen molar-refractivity contribution >= 4 is 17.0 Å². The minimum Gasteiger partial charge on any atom is -0.408 e. The molecule has 0 bridgehead atoms. The molecule has 2 heterocycles. The molecule has 8 heteroatoms. The number of carbonyl (C=O) groups is 1. The van der Waals surface area contributed by atoms with E-state index in [9.17, 15) is 14.9 Å². The van der Waals surface area contributed by atoms with Crippen molar-refractivity contribution in [1.82, 2.24) is 15.2 Å². The Kier molecular flexibility index (Phi) is 6.85. The molecule has 1 amide bonds. The van der Waals surface area contributed by atoms with E-state index < -0.39 is 12.1 Å². The maximum absolute atomic E-state index is 12.3. The highest BCUT2D eigenvalue weighted by molar-refractivity contribution is 5.81. The lowest BCUT2D eigenvalue weighted by molar-refractivity contribution is -0.132. The van der Waals surface area contributed by atoms with Gasteiger partial charge in [-0.25, -0.2) is 4.79 Å². The molecule has 1 aromatic heterocycles. The van der Waals surface area contributed by atoms with Crippen molar-refractivity contribution in [1.29, 1.82) is 5.26 Å². The SMILES string of the molecule is Cn1c(=O)oc2ccc(CCCCC(C#N)NC(=O)C3CNCCCO3)cc21. The van der Waals surface area contributed by atoms with Gasteiger partial charge in [0.15, 0.2) is 5.58 Å². The number of hydrogen-bond acceptors (Lipinski definition) is 6. The first-order chi connectivity index (χ1) is 13.6. The van der Waals surface area contributed by atoms with E-state index in [1.165, 1.54) is 4.57 Å². The number of benzene rings is 1. The molecule has 1 aliphatic rings. The van der Waals surface area contributed by atoms with Crippen molar-refractivity contribution < 1.29 is 13.9 Å². The monoisotopic (exact) mass is 386 g/mol. The van der Waals surface area contributed by atoms with Gasteiger partial charge >= 0.3 is 5.76 Å². The first kappa shape index (κ1) is 20.1. The molecular formula is C20H26N4O4. The smallest absolute Gasteiger partial charge is 0.408 e. The molecule has 8 nitrogen and oxygen atoms in total. The van der Waals surface area contributed by atoms with Crippen LogP contribution in [-0.4, -0.2) is 42.3 Å². The summed E-state index contributed by atoms with van der Waals surface area (Å²) in [6, 6.07) is 7.36. The number of hydrogen-bond donors (Lipinski definition) is 2. The summed E-state index contributed by atoms with van der Waals surface area (Å²) in [4.78, 5) is 23.8. The maximum atomic E-state index is 12.3. The Balaban J connectivity index is 1.45. The van der Waals surface area contributed by atoms with Gasteiger partial charge in [-0.3, -0.25) is 9.36 Å². The van der Waals surface area contributed by atoms with Crippen LogP contribution in [0.3, 0.4) is 0 Å². The number of aromatic nitrogens is 1. The highest BCUT2D eigenvalue weighted by atomic mass is 16.5. The minimum absolute atomic E-state index is 0.229. The molecule has 2 unspecified atom stereocenters. The Morgan fingerprint density at radius 2 is 2.32 bits per heavy atom. The third-order valence-electron chi connectivity index (χ3n) is 4.98. The predicted molar refractivity (Wildman–Crippen MR) is 104 cm³/mol. The molecule has 1 fully saturated rings. The van der Waals surface area contributed by atoms with Gasteiger partial charge in [0.2, 0.25) is 0 Å². The summed E-state index contributed by atoms with van der Waals surface area (Å²) < 4.78 is 12.2. The second-order valence-electron chi connectivity index (χ2n) is 7.08. The number of rotatable bonds is 7. The van der Waals surface area contributed by atoms with Crippen LogP contribution in [0, 0.1) is 11.3 Å². The third-order valence-corrected chi connectivity index (χ3v) is 4.98. The Morgan fingerprint density at radius 1 is 1.46 bits per heavy atom. The van der Waals surface area contributed by atoms with Gasteiger partial charge in [-0.15, -0.1) is 0 Å². The third kappa shape index (κ3) is 5.00. The number of oxazole rings is 1. The van der Waals surface area contributed by atoms with Gasteiger partial charge < -0.3 is 19.8 Å². The van der Waals surface area contributed by atoms with Crippen molar-refractivity contribution in [3.63, 3.8) is 0 Å². The van der Waals surface area contributed by atoms with E-state index >= 15 is 0 Å². The molecule has 28 heavy (non-hydrogen) atoms. The van der Waals surface area contributed by atoms with Crippen LogP contribution in [0.4, 0.5) is 0 Å². The average molecular weight is 386 g/mol. The molecule has 2 aromatic rings. The number of nitrogens with zero attached hydrogens (tertiary/aromatic N) is 2. The summed E-state index contributed by atoms with van der Waals surface area (Å²) >= 11 is 0.